The maximum Gasteiger partial charge on any atom is 0.238 e. The fourth-order valence-electron chi connectivity index (χ4n) is 4.12. The number of aromatic nitrogens is 1. The minimum absolute atomic E-state index is 0. The Labute approximate surface area is 201 Å². The molecule has 4 rings (SSSR count). The van der Waals surface area contributed by atoms with Crippen LogP contribution < -0.4 is 16.4 Å². The summed E-state index contributed by atoms with van der Waals surface area (Å²) in [4.78, 5) is 21.0. The van der Waals surface area contributed by atoms with Crippen molar-refractivity contribution in [2.45, 2.75) is 19.4 Å². The predicted molar refractivity (Wildman–Crippen MR) is 136 cm³/mol. The van der Waals surface area contributed by atoms with Gasteiger partial charge in [-0.15, -0.1) is 24.8 Å². The molecule has 3 aromatic rings. The van der Waals surface area contributed by atoms with Crippen molar-refractivity contribution in [1.82, 2.24) is 9.88 Å². The lowest BCUT2D eigenvalue weighted by Crippen LogP contribution is -2.47. The quantitative estimate of drug-likeness (QED) is 0.571. The van der Waals surface area contributed by atoms with Crippen molar-refractivity contribution in [3.8, 4) is 0 Å². The van der Waals surface area contributed by atoms with Crippen molar-refractivity contribution in [2.24, 2.45) is 11.5 Å². The van der Waals surface area contributed by atoms with Crippen LogP contribution in [0.2, 0.25) is 0 Å². The first-order valence-corrected chi connectivity index (χ1v) is 10.5. The SMILES string of the molecule is Cc1ccc2c(N3CCN(CCc4cccc(C(N)C(N)=O)c4)CC3)cccc2n1.Cl.Cl. The summed E-state index contributed by atoms with van der Waals surface area (Å²) in [5, 5.41) is 1.22. The summed E-state index contributed by atoms with van der Waals surface area (Å²) >= 11 is 0. The fourth-order valence-corrected chi connectivity index (χ4v) is 4.12. The second kappa shape index (κ2) is 11.5. The molecular formula is C24H31Cl2N5O. The Hall–Kier alpha value is -2.38. The van der Waals surface area contributed by atoms with Gasteiger partial charge in [-0.05, 0) is 48.7 Å². The van der Waals surface area contributed by atoms with Crippen LogP contribution in [0.25, 0.3) is 10.9 Å². The van der Waals surface area contributed by atoms with Crippen LogP contribution in [-0.4, -0.2) is 48.5 Å². The van der Waals surface area contributed by atoms with Gasteiger partial charge in [0, 0.05) is 49.5 Å². The van der Waals surface area contributed by atoms with E-state index in [9.17, 15) is 4.79 Å². The molecule has 4 N–H and O–H groups in total. The third-order valence-corrected chi connectivity index (χ3v) is 5.89. The van der Waals surface area contributed by atoms with Crippen LogP contribution >= 0.6 is 24.8 Å². The highest BCUT2D eigenvalue weighted by Crippen LogP contribution is 2.27. The van der Waals surface area contributed by atoms with Crippen molar-refractivity contribution in [3.63, 3.8) is 0 Å². The van der Waals surface area contributed by atoms with Gasteiger partial charge in [0.25, 0.3) is 0 Å². The monoisotopic (exact) mass is 475 g/mol. The number of hydrogen-bond acceptors (Lipinski definition) is 5. The molecule has 6 nitrogen and oxygen atoms in total. The number of amides is 1. The van der Waals surface area contributed by atoms with Crippen molar-refractivity contribution in [1.29, 1.82) is 0 Å². The largest absolute Gasteiger partial charge is 0.368 e. The molecule has 1 unspecified atom stereocenters. The number of carbonyl (C=O) groups is 1. The van der Waals surface area contributed by atoms with Crippen molar-refractivity contribution < 1.29 is 4.79 Å². The topological polar surface area (TPSA) is 88.5 Å². The number of hydrogen-bond donors (Lipinski definition) is 2. The van der Waals surface area contributed by atoms with E-state index in [1.165, 1.54) is 16.6 Å². The molecule has 1 aliphatic heterocycles. The minimum atomic E-state index is -0.743. The number of nitrogens with zero attached hydrogens (tertiary/aromatic N) is 3. The minimum Gasteiger partial charge on any atom is -0.368 e. The lowest BCUT2D eigenvalue weighted by Gasteiger charge is -2.36. The number of halogens is 2. The number of rotatable bonds is 6. The highest BCUT2D eigenvalue weighted by atomic mass is 35.5. The van der Waals surface area contributed by atoms with Gasteiger partial charge in [0.2, 0.25) is 5.91 Å². The highest BCUT2D eigenvalue weighted by molar-refractivity contribution is 5.92. The smallest absolute Gasteiger partial charge is 0.238 e. The van der Waals surface area contributed by atoms with Gasteiger partial charge in [-0.3, -0.25) is 14.7 Å². The molecule has 1 aromatic heterocycles. The number of nitrogens with two attached hydrogens (primary N) is 2. The van der Waals surface area contributed by atoms with Crippen molar-refractivity contribution in [2.75, 3.05) is 37.6 Å². The van der Waals surface area contributed by atoms with Crippen molar-refractivity contribution >= 4 is 47.3 Å². The third-order valence-electron chi connectivity index (χ3n) is 5.89. The van der Waals surface area contributed by atoms with Crippen LogP contribution in [-0.2, 0) is 11.2 Å². The number of piperazine rings is 1. The Morgan fingerprint density at radius 3 is 2.47 bits per heavy atom. The summed E-state index contributed by atoms with van der Waals surface area (Å²) in [6.07, 6.45) is 0.927. The molecule has 1 aliphatic rings. The van der Waals surface area contributed by atoms with E-state index >= 15 is 0 Å². The van der Waals surface area contributed by atoms with E-state index in [4.69, 9.17) is 11.5 Å². The number of carbonyl (C=O) groups excluding carboxylic acids is 1. The molecule has 0 radical (unpaired) electrons. The molecule has 8 heteroatoms. The molecule has 2 heterocycles. The number of fused-ring (bicyclic) bond motifs is 1. The van der Waals surface area contributed by atoms with Crippen LogP contribution in [0.4, 0.5) is 5.69 Å². The number of aryl methyl sites for hydroxylation is 1. The molecule has 32 heavy (non-hydrogen) atoms. The molecule has 0 saturated carbocycles. The van der Waals surface area contributed by atoms with E-state index in [1.807, 2.05) is 25.1 Å². The van der Waals surface area contributed by atoms with Gasteiger partial charge in [0.15, 0.2) is 0 Å². The Morgan fingerprint density at radius 1 is 1.03 bits per heavy atom. The first kappa shape index (κ1) is 25.9. The maximum absolute atomic E-state index is 11.3. The summed E-state index contributed by atoms with van der Waals surface area (Å²) in [6, 6.07) is 17.8. The van der Waals surface area contributed by atoms with Gasteiger partial charge in [0.1, 0.15) is 6.04 Å². The van der Waals surface area contributed by atoms with E-state index in [-0.39, 0.29) is 24.8 Å². The maximum atomic E-state index is 11.3. The van der Waals surface area contributed by atoms with Crippen LogP contribution in [0, 0.1) is 6.92 Å². The van der Waals surface area contributed by atoms with E-state index in [0.717, 1.165) is 55.9 Å². The molecular weight excluding hydrogens is 445 g/mol. The second-order valence-corrected chi connectivity index (χ2v) is 8.00. The summed E-state index contributed by atoms with van der Waals surface area (Å²) in [5.74, 6) is -0.498. The Morgan fingerprint density at radius 2 is 1.75 bits per heavy atom. The van der Waals surface area contributed by atoms with Gasteiger partial charge >= 0.3 is 0 Å². The second-order valence-electron chi connectivity index (χ2n) is 8.00. The summed E-state index contributed by atoms with van der Waals surface area (Å²) in [6.45, 7) is 7.06. The number of pyridine rings is 1. The summed E-state index contributed by atoms with van der Waals surface area (Å²) in [5.41, 5.74) is 16.5. The molecule has 0 bridgehead atoms. The Bertz CT molecular complexity index is 1050. The first-order chi connectivity index (χ1) is 14.5. The van der Waals surface area contributed by atoms with Crippen molar-refractivity contribution in [3.05, 3.63) is 71.4 Å². The highest BCUT2D eigenvalue weighted by Gasteiger charge is 2.19. The molecule has 1 atom stereocenters. The van der Waals surface area contributed by atoms with Crippen LogP contribution in [0.3, 0.4) is 0 Å². The zero-order valence-corrected chi connectivity index (χ0v) is 19.9. The Balaban J connectivity index is 0.00000181. The molecule has 0 spiro atoms. The molecule has 1 amide bonds. The summed E-state index contributed by atoms with van der Waals surface area (Å²) < 4.78 is 0. The molecule has 1 fully saturated rings. The molecule has 1 saturated heterocycles. The van der Waals surface area contributed by atoms with E-state index in [0.29, 0.717) is 0 Å². The van der Waals surface area contributed by atoms with E-state index in [2.05, 4.69) is 51.2 Å². The zero-order valence-electron chi connectivity index (χ0n) is 18.2. The molecule has 2 aromatic carbocycles. The van der Waals surface area contributed by atoms with Gasteiger partial charge in [-0.1, -0.05) is 30.3 Å². The first-order valence-electron chi connectivity index (χ1n) is 10.5. The standard InChI is InChI=1S/C24H29N5O.2ClH/c1-17-8-9-20-21(27-17)6-3-7-22(20)29-14-12-28(13-15-29)11-10-18-4-2-5-19(16-18)23(25)24(26)30;;/h2-9,16,23H,10-15,25H2,1H3,(H2,26,30);2*1H. The average Bonchev–Trinajstić information content (AvgIpc) is 2.77. The lowest BCUT2D eigenvalue weighted by molar-refractivity contribution is -0.119. The van der Waals surface area contributed by atoms with Gasteiger partial charge in [0.05, 0.1) is 5.52 Å². The molecule has 172 valence electrons. The number of anilines is 1. The van der Waals surface area contributed by atoms with Gasteiger partial charge in [-0.2, -0.15) is 0 Å². The Kier molecular flexibility index (Phi) is 9.28. The normalized spacial score (nSPS) is 15.0. The fraction of sp³-hybridized carbons (Fsp3) is 0.333. The number of primary amides is 1. The third kappa shape index (κ3) is 5.90. The average molecular weight is 476 g/mol. The van der Waals surface area contributed by atoms with Crippen LogP contribution in [0.5, 0.6) is 0 Å². The van der Waals surface area contributed by atoms with E-state index < -0.39 is 11.9 Å². The summed E-state index contributed by atoms with van der Waals surface area (Å²) in [7, 11) is 0. The van der Waals surface area contributed by atoms with Crippen LogP contribution in [0.15, 0.2) is 54.6 Å². The van der Waals surface area contributed by atoms with E-state index in [1.54, 1.807) is 0 Å². The van der Waals surface area contributed by atoms with Gasteiger partial charge in [-0.25, -0.2) is 0 Å². The zero-order chi connectivity index (χ0) is 21.1. The van der Waals surface area contributed by atoms with Crippen LogP contribution in [0.1, 0.15) is 22.9 Å². The number of benzene rings is 2. The van der Waals surface area contributed by atoms with Gasteiger partial charge < -0.3 is 16.4 Å². The molecule has 0 aliphatic carbocycles. The predicted octanol–water partition coefficient (Wildman–Crippen LogP) is 3.24. The lowest BCUT2D eigenvalue weighted by atomic mass is 10.0.